The minimum absolute atomic E-state index is 0.387. The number of benzene rings is 1. The molecule has 3 amide bonds. The van der Waals surface area contributed by atoms with Crippen LogP contribution in [0.15, 0.2) is 41.6 Å². The average Bonchev–Trinajstić information content (AvgIpc) is 3.00. The Morgan fingerprint density at radius 2 is 1.89 bits per heavy atom. The van der Waals surface area contributed by atoms with Crippen molar-refractivity contribution in [2.45, 2.75) is 31.2 Å². The number of nitrogens with one attached hydrogen (secondary N) is 2. The third-order valence-electron chi connectivity index (χ3n) is 4.04. The van der Waals surface area contributed by atoms with Crippen LogP contribution in [0.4, 0.5) is 4.79 Å². The standard InChI is InChI=1S/C19H21N5O2S/c1-11-10-12(2)23-24-16(11)15(14-8-6-5-7-9-14)21-19(24)27-13(3)17(25)22-18(26)20-4/h5-10,13H,1-4H3,(H2,20,22,25,26). The van der Waals surface area contributed by atoms with E-state index in [4.69, 9.17) is 4.98 Å². The molecule has 0 saturated carbocycles. The molecule has 3 aromatic rings. The lowest BCUT2D eigenvalue weighted by atomic mass is 10.1. The van der Waals surface area contributed by atoms with Crippen LogP contribution >= 0.6 is 11.8 Å². The van der Waals surface area contributed by atoms with E-state index in [1.165, 1.54) is 18.8 Å². The number of aromatic nitrogens is 3. The summed E-state index contributed by atoms with van der Waals surface area (Å²) in [4.78, 5) is 28.4. The number of fused-ring (bicyclic) bond motifs is 1. The Morgan fingerprint density at radius 1 is 1.19 bits per heavy atom. The van der Waals surface area contributed by atoms with Gasteiger partial charge in [0.1, 0.15) is 0 Å². The third-order valence-corrected chi connectivity index (χ3v) is 5.09. The van der Waals surface area contributed by atoms with Gasteiger partial charge in [-0.3, -0.25) is 10.1 Å². The maximum Gasteiger partial charge on any atom is 0.321 e. The van der Waals surface area contributed by atoms with Crippen molar-refractivity contribution in [1.29, 1.82) is 0 Å². The van der Waals surface area contributed by atoms with E-state index in [2.05, 4.69) is 15.7 Å². The molecule has 0 radical (unpaired) electrons. The van der Waals surface area contributed by atoms with Crippen molar-refractivity contribution < 1.29 is 9.59 Å². The molecule has 0 saturated heterocycles. The fraction of sp³-hybridized carbons (Fsp3) is 0.263. The van der Waals surface area contributed by atoms with Gasteiger partial charge in [-0.15, -0.1) is 0 Å². The summed E-state index contributed by atoms with van der Waals surface area (Å²) in [6.07, 6.45) is 0. The van der Waals surface area contributed by atoms with Crippen molar-refractivity contribution in [1.82, 2.24) is 25.2 Å². The Labute approximate surface area is 161 Å². The van der Waals surface area contributed by atoms with Crippen molar-refractivity contribution in [3.63, 3.8) is 0 Å². The Morgan fingerprint density at radius 3 is 2.56 bits per heavy atom. The van der Waals surface area contributed by atoms with Crippen LogP contribution in [0.1, 0.15) is 18.2 Å². The quantitative estimate of drug-likeness (QED) is 0.676. The normalized spacial score (nSPS) is 12.0. The first-order valence-corrected chi connectivity index (χ1v) is 9.40. The molecule has 0 bridgehead atoms. The monoisotopic (exact) mass is 383 g/mol. The number of imide groups is 1. The average molecular weight is 383 g/mol. The minimum atomic E-state index is -0.532. The van der Waals surface area contributed by atoms with Crippen LogP contribution in [0.3, 0.4) is 0 Å². The second kappa shape index (κ2) is 7.79. The molecule has 0 fully saturated rings. The number of urea groups is 1. The first-order valence-electron chi connectivity index (χ1n) is 8.52. The zero-order valence-electron chi connectivity index (χ0n) is 15.6. The molecule has 1 aromatic carbocycles. The van der Waals surface area contributed by atoms with Crippen LogP contribution in [0, 0.1) is 13.8 Å². The molecule has 2 aromatic heterocycles. The maximum atomic E-state index is 12.2. The molecule has 2 heterocycles. The van der Waals surface area contributed by atoms with E-state index < -0.39 is 11.3 Å². The van der Waals surface area contributed by atoms with E-state index in [0.717, 1.165) is 28.0 Å². The molecule has 0 aliphatic rings. The van der Waals surface area contributed by atoms with Gasteiger partial charge < -0.3 is 5.32 Å². The molecule has 140 valence electrons. The topological polar surface area (TPSA) is 88.4 Å². The smallest absolute Gasteiger partial charge is 0.321 e. The molecule has 0 aliphatic heterocycles. The molecule has 2 N–H and O–H groups in total. The Hall–Kier alpha value is -2.87. The first-order chi connectivity index (χ1) is 12.9. The molecule has 1 atom stereocenters. The van der Waals surface area contributed by atoms with Crippen LogP contribution in [0.2, 0.25) is 0 Å². The second-order valence-electron chi connectivity index (χ2n) is 6.17. The zero-order chi connectivity index (χ0) is 19.6. The highest BCUT2D eigenvalue weighted by Crippen LogP contribution is 2.32. The van der Waals surface area contributed by atoms with Crippen molar-refractivity contribution in [3.8, 4) is 11.3 Å². The lowest BCUT2D eigenvalue weighted by Gasteiger charge is -2.10. The van der Waals surface area contributed by atoms with Crippen LogP contribution < -0.4 is 10.6 Å². The summed E-state index contributed by atoms with van der Waals surface area (Å²) in [6, 6.07) is 11.4. The van der Waals surface area contributed by atoms with Crippen LogP contribution in [-0.2, 0) is 4.79 Å². The van der Waals surface area contributed by atoms with Gasteiger partial charge in [0.15, 0.2) is 5.16 Å². The number of hydrogen-bond acceptors (Lipinski definition) is 5. The lowest BCUT2D eigenvalue weighted by Crippen LogP contribution is -2.41. The lowest BCUT2D eigenvalue weighted by molar-refractivity contribution is -0.119. The Kier molecular flexibility index (Phi) is 5.46. The molecule has 8 heteroatoms. The number of rotatable bonds is 4. The number of amides is 3. The Bertz CT molecular complexity index is 1000. The van der Waals surface area contributed by atoms with Crippen LogP contribution in [0.5, 0.6) is 0 Å². The summed E-state index contributed by atoms with van der Waals surface area (Å²) in [5.41, 5.74) is 4.64. The summed E-state index contributed by atoms with van der Waals surface area (Å²) in [6.45, 7) is 5.67. The number of thioether (sulfide) groups is 1. The van der Waals surface area contributed by atoms with Crippen molar-refractivity contribution in [2.75, 3.05) is 7.05 Å². The number of hydrogen-bond donors (Lipinski definition) is 2. The molecular weight excluding hydrogens is 362 g/mol. The predicted molar refractivity (Wildman–Crippen MR) is 106 cm³/mol. The highest BCUT2D eigenvalue weighted by molar-refractivity contribution is 8.00. The maximum absolute atomic E-state index is 12.2. The van der Waals surface area contributed by atoms with E-state index in [9.17, 15) is 9.59 Å². The third kappa shape index (κ3) is 3.95. The van der Waals surface area contributed by atoms with Gasteiger partial charge in [0.25, 0.3) is 0 Å². The van der Waals surface area contributed by atoms with Gasteiger partial charge >= 0.3 is 6.03 Å². The van der Waals surface area contributed by atoms with Gasteiger partial charge in [0.2, 0.25) is 5.91 Å². The number of aryl methyl sites for hydroxylation is 2. The molecule has 0 aliphatic carbocycles. The number of carbonyl (C=O) groups excluding carboxylic acids is 2. The number of carbonyl (C=O) groups is 2. The summed E-state index contributed by atoms with van der Waals surface area (Å²) in [5, 5.41) is 9.35. The fourth-order valence-electron chi connectivity index (χ4n) is 2.77. The van der Waals surface area contributed by atoms with Gasteiger partial charge in [0.05, 0.1) is 22.2 Å². The molecule has 0 spiro atoms. The van der Waals surface area contributed by atoms with Gasteiger partial charge in [-0.2, -0.15) is 5.10 Å². The predicted octanol–water partition coefficient (Wildman–Crippen LogP) is 2.95. The van der Waals surface area contributed by atoms with Gasteiger partial charge in [-0.1, -0.05) is 42.1 Å². The van der Waals surface area contributed by atoms with E-state index in [0.29, 0.717) is 5.16 Å². The van der Waals surface area contributed by atoms with Gasteiger partial charge in [0, 0.05) is 12.6 Å². The van der Waals surface area contributed by atoms with E-state index in [-0.39, 0.29) is 5.91 Å². The summed E-state index contributed by atoms with van der Waals surface area (Å²) in [5.74, 6) is -0.387. The van der Waals surface area contributed by atoms with Crippen LogP contribution in [0.25, 0.3) is 16.8 Å². The summed E-state index contributed by atoms with van der Waals surface area (Å²) < 4.78 is 1.78. The van der Waals surface area contributed by atoms with Gasteiger partial charge in [-0.25, -0.2) is 14.3 Å². The fourth-order valence-corrected chi connectivity index (χ4v) is 3.63. The second-order valence-corrected chi connectivity index (χ2v) is 7.47. The highest BCUT2D eigenvalue weighted by Gasteiger charge is 2.22. The highest BCUT2D eigenvalue weighted by atomic mass is 32.2. The SMILES string of the molecule is CNC(=O)NC(=O)C(C)Sc1nc(-c2ccccc2)c2c(C)cc(C)nn12. The Balaban J connectivity index is 2.03. The van der Waals surface area contributed by atoms with Crippen molar-refractivity contribution in [2.24, 2.45) is 0 Å². The molecular formula is C19H21N5O2S. The van der Waals surface area contributed by atoms with Crippen molar-refractivity contribution in [3.05, 3.63) is 47.7 Å². The molecule has 3 rings (SSSR count). The summed E-state index contributed by atoms with van der Waals surface area (Å²) in [7, 11) is 1.46. The van der Waals surface area contributed by atoms with E-state index >= 15 is 0 Å². The largest absolute Gasteiger partial charge is 0.341 e. The first kappa shape index (κ1) is 18.9. The molecule has 27 heavy (non-hydrogen) atoms. The zero-order valence-corrected chi connectivity index (χ0v) is 16.4. The summed E-state index contributed by atoms with van der Waals surface area (Å²) >= 11 is 1.26. The van der Waals surface area contributed by atoms with Crippen LogP contribution in [-0.4, -0.2) is 38.8 Å². The molecule has 1 unspecified atom stereocenters. The minimum Gasteiger partial charge on any atom is -0.341 e. The van der Waals surface area contributed by atoms with Crippen molar-refractivity contribution >= 4 is 29.2 Å². The van der Waals surface area contributed by atoms with E-state index in [1.807, 2.05) is 50.2 Å². The van der Waals surface area contributed by atoms with E-state index in [1.54, 1.807) is 11.4 Å². The number of nitrogens with zero attached hydrogens (tertiary/aromatic N) is 3. The number of imidazole rings is 1. The van der Waals surface area contributed by atoms with Gasteiger partial charge in [-0.05, 0) is 32.4 Å². The molecule has 7 nitrogen and oxygen atoms in total.